The summed E-state index contributed by atoms with van der Waals surface area (Å²) in [6, 6.07) is 17.9. The number of carbonyl (C=O) groups is 1. The average molecular weight is 322 g/mol. The highest BCUT2D eigenvalue weighted by molar-refractivity contribution is 7.98. The summed E-state index contributed by atoms with van der Waals surface area (Å²) < 4.78 is 0. The van der Waals surface area contributed by atoms with Crippen LogP contribution >= 0.6 is 11.8 Å². The summed E-state index contributed by atoms with van der Waals surface area (Å²) >= 11 is 1.48. The van der Waals surface area contributed by atoms with Crippen molar-refractivity contribution >= 4 is 28.4 Å². The van der Waals surface area contributed by atoms with Gasteiger partial charge in [-0.15, -0.1) is 11.8 Å². The third kappa shape index (κ3) is 3.22. The summed E-state index contributed by atoms with van der Waals surface area (Å²) in [4.78, 5) is 16.8. The molecule has 4 heteroatoms. The molecule has 0 radical (unpaired) electrons. The number of amides is 1. The second kappa shape index (κ2) is 6.84. The van der Waals surface area contributed by atoms with Gasteiger partial charge >= 0.3 is 0 Å². The zero-order valence-electron chi connectivity index (χ0n) is 13.1. The van der Waals surface area contributed by atoms with Crippen molar-refractivity contribution in [3.8, 4) is 0 Å². The zero-order chi connectivity index (χ0) is 16.2. The highest BCUT2D eigenvalue weighted by Crippen LogP contribution is 2.25. The van der Waals surface area contributed by atoms with Crippen LogP contribution in [-0.2, 0) is 0 Å². The van der Waals surface area contributed by atoms with E-state index in [9.17, 15) is 4.79 Å². The summed E-state index contributed by atoms with van der Waals surface area (Å²) in [7, 11) is 0. The average Bonchev–Trinajstić information content (AvgIpc) is 2.61. The van der Waals surface area contributed by atoms with Crippen molar-refractivity contribution in [2.24, 2.45) is 0 Å². The minimum atomic E-state index is -0.0946. The molecular formula is C19H18N2OS. The highest BCUT2D eigenvalue weighted by Gasteiger charge is 2.16. The van der Waals surface area contributed by atoms with Gasteiger partial charge < -0.3 is 5.32 Å². The minimum absolute atomic E-state index is 0.0801. The first-order valence-electron chi connectivity index (χ1n) is 7.48. The molecule has 2 aromatic carbocycles. The predicted molar refractivity (Wildman–Crippen MR) is 95.8 cm³/mol. The number of hydrogen-bond donors (Lipinski definition) is 1. The van der Waals surface area contributed by atoms with Gasteiger partial charge in [-0.3, -0.25) is 4.79 Å². The quantitative estimate of drug-likeness (QED) is 0.722. The molecule has 0 bridgehead atoms. The first-order valence-corrected chi connectivity index (χ1v) is 8.70. The lowest BCUT2D eigenvalue weighted by Gasteiger charge is -2.17. The van der Waals surface area contributed by atoms with Gasteiger partial charge in [0.1, 0.15) is 5.03 Å². The van der Waals surface area contributed by atoms with E-state index in [2.05, 4.69) is 34.6 Å². The Morgan fingerprint density at radius 3 is 2.70 bits per heavy atom. The van der Waals surface area contributed by atoms with Crippen LogP contribution in [0.2, 0.25) is 0 Å². The van der Waals surface area contributed by atoms with Gasteiger partial charge in [0.2, 0.25) is 0 Å². The Morgan fingerprint density at radius 2 is 1.87 bits per heavy atom. The summed E-state index contributed by atoms with van der Waals surface area (Å²) in [6.45, 7) is 2.01. The summed E-state index contributed by atoms with van der Waals surface area (Å²) in [5.41, 5.74) is 1.73. The molecule has 23 heavy (non-hydrogen) atoms. The van der Waals surface area contributed by atoms with Crippen molar-refractivity contribution in [2.75, 3.05) is 6.26 Å². The van der Waals surface area contributed by atoms with E-state index in [1.165, 1.54) is 22.5 Å². The second-order valence-electron chi connectivity index (χ2n) is 5.32. The molecule has 0 fully saturated rings. The van der Waals surface area contributed by atoms with Crippen molar-refractivity contribution in [2.45, 2.75) is 18.0 Å². The topological polar surface area (TPSA) is 42.0 Å². The first kappa shape index (κ1) is 15.6. The van der Waals surface area contributed by atoms with E-state index < -0.39 is 0 Å². The molecule has 0 saturated heterocycles. The number of nitrogens with one attached hydrogen (secondary N) is 1. The number of rotatable bonds is 4. The molecule has 1 amide bonds. The number of nitrogens with zero attached hydrogens (tertiary/aromatic N) is 1. The van der Waals surface area contributed by atoms with Gasteiger partial charge in [0.25, 0.3) is 5.91 Å². The molecule has 1 N–H and O–H groups in total. The molecule has 3 rings (SSSR count). The second-order valence-corrected chi connectivity index (χ2v) is 6.12. The van der Waals surface area contributed by atoms with Gasteiger partial charge in [0.05, 0.1) is 11.6 Å². The first-order chi connectivity index (χ1) is 11.2. The maximum absolute atomic E-state index is 12.6. The number of carbonyl (C=O) groups excluding carboxylic acids is 1. The number of pyridine rings is 1. The molecule has 1 atom stereocenters. The monoisotopic (exact) mass is 322 g/mol. The molecule has 0 saturated carbocycles. The molecule has 1 aromatic heterocycles. The number of benzene rings is 2. The van der Waals surface area contributed by atoms with Crippen LogP contribution in [0.3, 0.4) is 0 Å². The van der Waals surface area contributed by atoms with E-state index in [4.69, 9.17) is 0 Å². The van der Waals surface area contributed by atoms with Crippen LogP contribution in [0.15, 0.2) is 65.8 Å². The van der Waals surface area contributed by atoms with E-state index in [0.29, 0.717) is 5.56 Å². The highest BCUT2D eigenvalue weighted by atomic mass is 32.2. The number of thioether (sulfide) groups is 1. The van der Waals surface area contributed by atoms with Crippen LogP contribution < -0.4 is 5.32 Å². The van der Waals surface area contributed by atoms with Gasteiger partial charge in [-0.05, 0) is 41.6 Å². The summed E-state index contributed by atoms with van der Waals surface area (Å²) in [5, 5.41) is 6.18. The van der Waals surface area contributed by atoms with Crippen molar-refractivity contribution in [1.82, 2.24) is 10.3 Å². The van der Waals surface area contributed by atoms with Gasteiger partial charge in [-0.2, -0.15) is 0 Å². The largest absolute Gasteiger partial charge is 0.345 e. The Hall–Kier alpha value is -2.33. The van der Waals surface area contributed by atoms with Crippen molar-refractivity contribution in [1.29, 1.82) is 0 Å². The molecule has 0 spiro atoms. The molecule has 0 aliphatic carbocycles. The number of fused-ring (bicyclic) bond motifs is 1. The smallest absolute Gasteiger partial charge is 0.254 e. The third-order valence-electron chi connectivity index (χ3n) is 3.85. The minimum Gasteiger partial charge on any atom is -0.345 e. The van der Waals surface area contributed by atoms with Crippen LogP contribution in [0, 0.1) is 0 Å². The van der Waals surface area contributed by atoms with Crippen LogP contribution in [-0.4, -0.2) is 17.1 Å². The molecule has 3 nitrogen and oxygen atoms in total. The van der Waals surface area contributed by atoms with Crippen molar-refractivity contribution < 1.29 is 4.79 Å². The van der Waals surface area contributed by atoms with Gasteiger partial charge in [0, 0.05) is 6.20 Å². The van der Waals surface area contributed by atoms with E-state index in [1.54, 1.807) is 12.3 Å². The Morgan fingerprint density at radius 1 is 1.09 bits per heavy atom. The maximum Gasteiger partial charge on any atom is 0.254 e. The summed E-state index contributed by atoms with van der Waals surface area (Å²) in [6.07, 6.45) is 3.63. The zero-order valence-corrected chi connectivity index (χ0v) is 13.9. The fraction of sp³-hybridized carbons (Fsp3) is 0.158. The SMILES string of the molecule is CSc1ncccc1C(=O)N[C@@H](C)c1cccc2ccccc12. The normalized spacial score (nSPS) is 12.1. The molecule has 3 aromatic rings. The van der Waals surface area contributed by atoms with Crippen LogP contribution in [0.4, 0.5) is 0 Å². The summed E-state index contributed by atoms with van der Waals surface area (Å²) in [5.74, 6) is -0.0946. The Balaban J connectivity index is 1.89. The molecule has 0 aliphatic rings. The van der Waals surface area contributed by atoms with Crippen molar-refractivity contribution in [3.05, 3.63) is 71.9 Å². The van der Waals surface area contributed by atoms with Crippen molar-refractivity contribution in [3.63, 3.8) is 0 Å². The van der Waals surface area contributed by atoms with E-state index in [0.717, 1.165) is 10.6 Å². The lowest BCUT2D eigenvalue weighted by molar-refractivity contribution is 0.0936. The van der Waals surface area contributed by atoms with Gasteiger partial charge in [-0.25, -0.2) is 4.98 Å². The van der Waals surface area contributed by atoms with Gasteiger partial charge in [-0.1, -0.05) is 42.5 Å². The lowest BCUT2D eigenvalue weighted by atomic mass is 9.99. The van der Waals surface area contributed by atoms with E-state index >= 15 is 0 Å². The standard InChI is InChI=1S/C19H18N2OS/c1-13(15-10-5-8-14-7-3-4-9-16(14)15)21-18(22)17-11-6-12-20-19(17)23-2/h3-13H,1-2H3,(H,21,22)/t13-/m0/s1. The molecule has 0 unspecified atom stereocenters. The molecule has 0 aliphatic heterocycles. The lowest BCUT2D eigenvalue weighted by Crippen LogP contribution is -2.27. The Labute approximate surface area is 140 Å². The van der Waals surface area contributed by atoms with E-state index in [-0.39, 0.29) is 11.9 Å². The van der Waals surface area contributed by atoms with Crippen LogP contribution in [0.5, 0.6) is 0 Å². The number of aromatic nitrogens is 1. The molecule has 1 heterocycles. The maximum atomic E-state index is 12.6. The molecule has 116 valence electrons. The fourth-order valence-electron chi connectivity index (χ4n) is 2.71. The Bertz CT molecular complexity index is 842. The predicted octanol–water partition coefficient (Wildman–Crippen LogP) is 4.45. The van der Waals surface area contributed by atoms with E-state index in [1.807, 2.05) is 37.4 Å². The number of hydrogen-bond acceptors (Lipinski definition) is 3. The Kier molecular flexibility index (Phi) is 4.63. The third-order valence-corrected chi connectivity index (χ3v) is 4.56. The van der Waals surface area contributed by atoms with Crippen LogP contribution in [0.25, 0.3) is 10.8 Å². The fourth-order valence-corrected chi connectivity index (χ4v) is 3.25. The molecular weight excluding hydrogens is 304 g/mol. The van der Waals surface area contributed by atoms with Crippen LogP contribution in [0.1, 0.15) is 28.9 Å². The van der Waals surface area contributed by atoms with Gasteiger partial charge in [0.15, 0.2) is 0 Å².